The second-order valence-corrected chi connectivity index (χ2v) is 8.57. The molecule has 0 bridgehead atoms. The van der Waals surface area contributed by atoms with Crippen LogP contribution in [0.3, 0.4) is 0 Å². The summed E-state index contributed by atoms with van der Waals surface area (Å²) in [7, 11) is 0. The van der Waals surface area contributed by atoms with E-state index in [1.807, 2.05) is 12.2 Å². The standard InChI is InChI=1S/C25H33F3O6/c26-25(27,28)17-7-5-9-19(15-17)34-14-6-8-18(29)12-13-21-20(22(30)16-23(21)31)10-3-1-2-4-11-24(32)33/h1,3,5,7,9,12-13,15,18,20-23,29-31H,2,4,6,8,10-11,14,16H2,(H,32,33)/b3-1-,13-12+/t18-,20+,21+,22-,23+/m0/s1. The summed E-state index contributed by atoms with van der Waals surface area (Å²) in [4.78, 5) is 10.5. The number of carboxylic acid groups (broad SMARTS) is 1. The summed E-state index contributed by atoms with van der Waals surface area (Å²) in [5.74, 6) is -1.26. The topological polar surface area (TPSA) is 107 Å². The van der Waals surface area contributed by atoms with Crippen molar-refractivity contribution in [2.75, 3.05) is 6.61 Å². The normalized spacial score (nSPS) is 24.2. The number of carbonyl (C=O) groups is 1. The third-order valence-corrected chi connectivity index (χ3v) is 5.88. The number of hydrogen-bond acceptors (Lipinski definition) is 5. The molecule has 2 rings (SSSR count). The number of rotatable bonds is 13. The number of unbranched alkanes of at least 4 members (excludes halogenated alkanes) is 1. The maximum absolute atomic E-state index is 12.7. The Labute approximate surface area is 197 Å². The smallest absolute Gasteiger partial charge is 0.416 e. The molecule has 6 nitrogen and oxygen atoms in total. The summed E-state index contributed by atoms with van der Waals surface area (Å²) in [5.41, 5.74) is -0.782. The number of halogens is 3. The van der Waals surface area contributed by atoms with Crippen LogP contribution >= 0.6 is 0 Å². The zero-order valence-corrected chi connectivity index (χ0v) is 18.9. The van der Waals surface area contributed by atoms with Gasteiger partial charge >= 0.3 is 12.1 Å². The van der Waals surface area contributed by atoms with Crippen molar-refractivity contribution in [1.29, 1.82) is 0 Å². The molecule has 1 saturated carbocycles. The second-order valence-electron chi connectivity index (χ2n) is 8.57. The Hall–Kier alpha value is -2.36. The predicted octanol–water partition coefficient (Wildman–Crippen LogP) is 4.34. The van der Waals surface area contributed by atoms with Crippen LogP contribution in [0.2, 0.25) is 0 Å². The first-order valence-corrected chi connectivity index (χ1v) is 11.5. The van der Waals surface area contributed by atoms with Crippen LogP contribution in [-0.2, 0) is 11.0 Å². The first-order chi connectivity index (χ1) is 16.1. The van der Waals surface area contributed by atoms with E-state index in [0.717, 1.165) is 12.1 Å². The molecule has 1 aromatic rings. The summed E-state index contributed by atoms with van der Waals surface area (Å²) in [6.45, 7) is 0.145. The van der Waals surface area contributed by atoms with E-state index in [2.05, 4.69) is 0 Å². The van der Waals surface area contributed by atoms with Crippen molar-refractivity contribution >= 4 is 5.97 Å². The van der Waals surface area contributed by atoms with Crippen molar-refractivity contribution in [3.63, 3.8) is 0 Å². The summed E-state index contributed by atoms with van der Waals surface area (Å²) in [5, 5.41) is 39.4. The fourth-order valence-electron chi connectivity index (χ4n) is 4.05. The molecule has 1 fully saturated rings. The lowest BCUT2D eigenvalue weighted by atomic mass is 9.89. The largest absolute Gasteiger partial charge is 0.494 e. The molecule has 1 aliphatic rings. The number of allylic oxidation sites excluding steroid dienone is 2. The van der Waals surface area contributed by atoms with Crippen LogP contribution in [0.4, 0.5) is 13.2 Å². The predicted molar refractivity (Wildman–Crippen MR) is 120 cm³/mol. The van der Waals surface area contributed by atoms with Gasteiger partial charge in [-0.15, -0.1) is 0 Å². The first kappa shape index (κ1) is 27.9. The quantitative estimate of drug-likeness (QED) is 0.244. The molecule has 0 unspecified atom stereocenters. The van der Waals surface area contributed by atoms with Crippen LogP contribution in [0, 0.1) is 11.8 Å². The van der Waals surface area contributed by atoms with Gasteiger partial charge < -0.3 is 25.2 Å². The maximum atomic E-state index is 12.7. The SMILES string of the molecule is O=C(O)CCC/C=C\C[C@@H]1[C@@H](/C=C/[C@@H](O)CCCOc2cccc(C(F)(F)F)c2)[C@H](O)C[C@@H]1O. The van der Waals surface area contributed by atoms with Crippen LogP contribution in [0.15, 0.2) is 48.6 Å². The third kappa shape index (κ3) is 9.48. The van der Waals surface area contributed by atoms with Crippen LogP contribution in [-0.4, -0.2) is 51.3 Å². The number of carboxylic acids is 1. The minimum atomic E-state index is -4.44. The lowest BCUT2D eigenvalue weighted by Gasteiger charge is -2.19. The number of benzene rings is 1. The van der Waals surface area contributed by atoms with Crippen LogP contribution in [0.1, 0.15) is 50.5 Å². The first-order valence-electron chi connectivity index (χ1n) is 11.5. The van der Waals surface area contributed by atoms with Crippen molar-refractivity contribution in [1.82, 2.24) is 0 Å². The monoisotopic (exact) mass is 486 g/mol. The Balaban J connectivity index is 1.76. The molecule has 190 valence electrons. The Morgan fingerprint density at radius 2 is 1.94 bits per heavy atom. The highest BCUT2D eigenvalue weighted by atomic mass is 19.4. The number of aliphatic hydroxyl groups excluding tert-OH is 3. The van der Waals surface area contributed by atoms with E-state index in [1.54, 1.807) is 12.2 Å². The molecule has 0 aliphatic heterocycles. The number of aliphatic hydroxyl groups is 3. The lowest BCUT2D eigenvalue weighted by molar-refractivity contribution is -0.138. The fourth-order valence-corrected chi connectivity index (χ4v) is 4.05. The van der Waals surface area contributed by atoms with Gasteiger partial charge in [0.15, 0.2) is 0 Å². The number of alkyl halides is 3. The van der Waals surface area contributed by atoms with Crippen LogP contribution in [0.25, 0.3) is 0 Å². The van der Waals surface area contributed by atoms with Crippen molar-refractivity contribution < 1.29 is 43.1 Å². The molecule has 0 aromatic heterocycles. The highest BCUT2D eigenvalue weighted by molar-refractivity contribution is 5.66. The summed E-state index contributed by atoms with van der Waals surface area (Å²) in [6.07, 6.45) is 3.16. The van der Waals surface area contributed by atoms with E-state index in [-0.39, 0.29) is 37.0 Å². The molecule has 0 amide bonds. The zero-order valence-electron chi connectivity index (χ0n) is 18.9. The van der Waals surface area contributed by atoms with Crippen molar-refractivity contribution in [2.24, 2.45) is 11.8 Å². The highest BCUT2D eigenvalue weighted by Crippen LogP contribution is 2.36. The van der Waals surface area contributed by atoms with Gasteiger partial charge in [-0.3, -0.25) is 4.79 Å². The summed E-state index contributed by atoms with van der Waals surface area (Å²) < 4.78 is 43.6. The van der Waals surface area contributed by atoms with E-state index in [1.165, 1.54) is 12.1 Å². The van der Waals surface area contributed by atoms with E-state index < -0.39 is 36.0 Å². The highest BCUT2D eigenvalue weighted by Gasteiger charge is 2.39. The molecule has 0 radical (unpaired) electrons. The Morgan fingerprint density at radius 1 is 1.18 bits per heavy atom. The average Bonchev–Trinajstić information content (AvgIpc) is 3.03. The van der Waals surface area contributed by atoms with E-state index in [0.29, 0.717) is 32.1 Å². The summed E-state index contributed by atoms with van der Waals surface area (Å²) >= 11 is 0. The van der Waals surface area contributed by atoms with E-state index >= 15 is 0 Å². The average molecular weight is 487 g/mol. The molecular formula is C25H33F3O6. The molecule has 0 spiro atoms. The van der Waals surface area contributed by atoms with Crippen molar-refractivity contribution in [3.8, 4) is 5.75 Å². The van der Waals surface area contributed by atoms with Gasteiger partial charge in [-0.2, -0.15) is 13.2 Å². The van der Waals surface area contributed by atoms with Gasteiger partial charge in [0.25, 0.3) is 0 Å². The van der Waals surface area contributed by atoms with E-state index in [9.17, 15) is 33.3 Å². The molecule has 1 aliphatic carbocycles. The Morgan fingerprint density at radius 3 is 2.65 bits per heavy atom. The molecule has 9 heteroatoms. The number of hydrogen-bond donors (Lipinski definition) is 4. The number of ether oxygens (including phenoxy) is 1. The molecule has 5 atom stereocenters. The Bertz CT molecular complexity index is 823. The second kappa shape index (κ2) is 13.5. The molecule has 0 saturated heterocycles. The van der Waals surface area contributed by atoms with Gasteiger partial charge in [0, 0.05) is 18.8 Å². The van der Waals surface area contributed by atoms with Gasteiger partial charge in [0.1, 0.15) is 5.75 Å². The fraction of sp³-hybridized carbons (Fsp3) is 0.560. The van der Waals surface area contributed by atoms with Gasteiger partial charge in [-0.05, 0) is 56.2 Å². The zero-order chi connectivity index (χ0) is 25.1. The number of aliphatic carboxylic acids is 1. The Kier molecular flexibility index (Phi) is 11.1. The lowest BCUT2D eigenvalue weighted by Crippen LogP contribution is -2.20. The van der Waals surface area contributed by atoms with Crippen molar-refractivity contribution in [3.05, 3.63) is 54.1 Å². The molecule has 1 aromatic carbocycles. The molecular weight excluding hydrogens is 453 g/mol. The van der Waals surface area contributed by atoms with Crippen molar-refractivity contribution in [2.45, 2.75) is 69.4 Å². The van der Waals surface area contributed by atoms with Gasteiger partial charge in [-0.25, -0.2) is 0 Å². The van der Waals surface area contributed by atoms with Crippen LogP contribution in [0.5, 0.6) is 5.75 Å². The maximum Gasteiger partial charge on any atom is 0.416 e. The van der Waals surface area contributed by atoms with Gasteiger partial charge in [-0.1, -0.05) is 30.4 Å². The van der Waals surface area contributed by atoms with Gasteiger partial charge in [0.05, 0.1) is 30.5 Å². The third-order valence-electron chi connectivity index (χ3n) is 5.88. The molecule has 0 heterocycles. The summed E-state index contributed by atoms with van der Waals surface area (Å²) in [6, 6.07) is 4.63. The molecule has 4 N–H and O–H groups in total. The molecule has 34 heavy (non-hydrogen) atoms. The minimum Gasteiger partial charge on any atom is -0.494 e. The van der Waals surface area contributed by atoms with Crippen LogP contribution < -0.4 is 4.74 Å². The van der Waals surface area contributed by atoms with Gasteiger partial charge in [0.2, 0.25) is 0 Å². The minimum absolute atomic E-state index is 0.101. The van der Waals surface area contributed by atoms with E-state index in [4.69, 9.17) is 9.84 Å².